The van der Waals surface area contributed by atoms with Crippen LogP contribution in [0.3, 0.4) is 0 Å². The molecule has 13 rings (SSSR count). The summed E-state index contributed by atoms with van der Waals surface area (Å²) in [5.74, 6) is 0. The van der Waals surface area contributed by atoms with Gasteiger partial charge in [-0.15, -0.1) is 11.3 Å². The molecular formula is C59H38N2S. The zero-order chi connectivity index (χ0) is 40.8. The maximum Gasteiger partial charge on any atom is 0.0726 e. The number of benzene rings is 10. The zero-order valence-electron chi connectivity index (χ0n) is 33.7. The minimum Gasteiger partial charge on any atom is -0.310 e. The van der Waals surface area contributed by atoms with E-state index in [9.17, 15) is 0 Å². The normalized spacial score (nSPS) is 13.0. The Morgan fingerprint density at radius 3 is 1.66 bits per heavy atom. The molecule has 0 spiro atoms. The van der Waals surface area contributed by atoms with Gasteiger partial charge in [-0.3, -0.25) is 0 Å². The van der Waals surface area contributed by atoms with E-state index in [1.54, 1.807) is 0 Å². The molecule has 10 aromatic carbocycles. The van der Waals surface area contributed by atoms with Crippen LogP contribution in [0.15, 0.2) is 231 Å². The smallest absolute Gasteiger partial charge is 0.0726 e. The standard InChI is InChI=1S/C59H38N2S/c1-5-19-39(20-6-1)59(40-21-7-2-8-22-40)51-31-17-15-27-45(51)46-35-33-44(38-52(46)59)60(41-23-9-3-10-24-41)43-34-36-53-50(37-43)55-47-28-13-14-29-48(47)56-49-30-16-18-32-54(49)62-58(56)57(55)61(53)42-25-11-4-12-26-42/h1-38H. The first-order chi connectivity index (χ1) is 30.8. The van der Waals surface area contributed by atoms with Gasteiger partial charge in [-0.1, -0.05) is 170 Å². The third-order valence-electron chi connectivity index (χ3n) is 13.2. The molecule has 1 aliphatic carbocycles. The molecule has 0 N–H and O–H groups in total. The van der Waals surface area contributed by atoms with Crippen LogP contribution in [-0.4, -0.2) is 4.57 Å². The largest absolute Gasteiger partial charge is 0.310 e. The van der Waals surface area contributed by atoms with Crippen LogP contribution in [0, 0.1) is 0 Å². The second-order valence-corrected chi connectivity index (χ2v) is 17.4. The van der Waals surface area contributed by atoms with Crippen molar-refractivity contribution in [3.63, 3.8) is 0 Å². The van der Waals surface area contributed by atoms with Gasteiger partial charge in [0.05, 0.1) is 21.1 Å². The van der Waals surface area contributed by atoms with Crippen LogP contribution in [0.5, 0.6) is 0 Å². The van der Waals surface area contributed by atoms with Crippen molar-refractivity contribution in [2.24, 2.45) is 0 Å². The van der Waals surface area contributed by atoms with E-state index in [0.717, 1.165) is 22.7 Å². The lowest BCUT2D eigenvalue weighted by Crippen LogP contribution is -2.28. The van der Waals surface area contributed by atoms with E-state index in [2.05, 4.69) is 240 Å². The van der Waals surface area contributed by atoms with Gasteiger partial charge in [0.1, 0.15) is 0 Å². The molecule has 0 aliphatic heterocycles. The third kappa shape index (κ3) is 4.91. The first-order valence-corrected chi connectivity index (χ1v) is 22.2. The SMILES string of the molecule is c1ccc(N(c2ccc3c(c2)C(c2ccccc2)(c2ccccc2)c2ccccc2-3)c2ccc3c(c2)c2c4ccccc4c4c5ccccc5sc4c2n3-c2ccccc2)cc1. The minimum atomic E-state index is -0.506. The van der Waals surface area contributed by atoms with Crippen molar-refractivity contribution in [2.45, 2.75) is 5.41 Å². The topological polar surface area (TPSA) is 8.17 Å². The van der Waals surface area contributed by atoms with Crippen LogP contribution in [0.2, 0.25) is 0 Å². The summed E-state index contributed by atoms with van der Waals surface area (Å²) in [7, 11) is 0. The Kier molecular flexibility index (Phi) is 7.72. The maximum atomic E-state index is 2.51. The van der Waals surface area contributed by atoms with E-state index in [-0.39, 0.29) is 0 Å². The number of anilines is 3. The monoisotopic (exact) mass is 806 g/mol. The van der Waals surface area contributed by atoms with Gasteiger partial charge in [0, 0.05) is 49.0 Å². The second kappa shape index (κ2) is 13.7. The summed E-state index contributed by atoms with van der Waals surface area (Å²) in [5, 5.41) is 7.72. The summed E-state index contributed by atoms with van der Waals surface area (Å²) in [4.78, 5) is 2.45. The van der Waals surface area contributed by atoms with Gasteiger partial charge in [-0.05, 0) is 105 Å². The molecule has 290 valence electrons. The highest BCUT2D eigenvalue weighted by atomic mass is 32.1. The van der Waals surface area contributed by atoms with Crippen LogP contribution in [0.1, 0.15) is 22.3 Å². The number of thiophene rings is 1. The molecule has 2 aromatic heterocycles. The quantitative estimate of drug-likeness (QED) is 0.162. The highest BCUT2D eigenvalue weighted by Gasteiger charge is 2.46. The molecule has 0 radical (unpaired) electrons. The van der Waals surface area contributed by atoms with Crippen LogP contribution < -0.4 is 4.90 Å². The molecule has 2 heterocycles. The molecular weight excluding hydrogens is 769 g/mol. The lowest BCUT2D eigenvalue weighted by atomic mass is 9.67. The fraction of sp³-hybridized carbons (Fsp3) is 0.0169. The van der Waals surface area contributed by atoms with Crippen molar-refractivity contribution in [1.82, 2.24) is 4.57 Å². The Morgan fingerprint density at radius 1 is 0.387 bits per heavy atom. The Bertz CT molecular complexity index is 3640. The number of fused-ring (bicyclic) bond motifs is 13. The molecule has 0 unspecified atom stereocenters. The lowest BCUT2D eigenvalue weighted by molar-refractivity contribution is 0.768. The van der Waals surface area contributed by atoms with E-state index < -0.39 is 5.41 Å². The number of hydrogen-bond donors (Lipinski definition) is 0. The summed E-state index contributed by atoms with van der Waals surface area (Å²) in [6, 6.07) is 85.1. The molecule has 62 heavy (non-hydrogen) atoms. The van der Waals surface area contributed by atoms with E-state index in [1.807, 2.05) is 11.3 Å². The molecule has 0 fully saturated rings. The fourth-order valence-electron chi connectivity index (χ4n) is 10.7. The third-order valence-corrected chi connectivity index (χ3v) is 14.4. The maximum absolute atomic E-state index is 2.51. The van der Waals surface area contributed by atoms with Crippen molar-refractivity contribution in [1.29, 1.82) is 0 Å². The fourth-order valence-corrected chi connectivity index (χ4v) is 12.0. The summed E-state index contributed by atoms with van der Waals surface area (Å²) < 4.78 is 5.13. The predicted molar refractivity (Wildman–Crippen MR) is 263 cm³/mol. The van der Waals surface area contributed by atoms with Crippen LogP contribution in [-0.2, 0) is 5.41 Å². The minimum absolute atomic E-state index is 0.506. The van der Waals surface area contributed by atoms with E-state index in [4.69, 9.17) is 0 Å². The van der Waals surface area contributed by atoms with E-state index in [0.29, 0.717) is 0 Å². The molecule has 0 bridgehead atoms. The lowest BCUT2D eigenvalue weighted by Gasteiger charge is -2.35. The highest BCUT2D eigenvalue weighted by molar-refractivity contribution is 7.27. The van der Waals surface area contributed by atoms with Gasteiger partial charge in [0.2, 0.25) is 0 Å². The highest BCUT2D eigenvalue weighted by Crippen LogP contribution is 2.57. The number of hydrogen-bond acceptors (Lipinski definition) is 2. The molecule has 1 aliphatic rings. The van der Waals surface area contributed by atoms with Gasteiger partial charge >= 0.3 is 0 Å². The first-order valence-electron chi connectivity index (χ1n) is 21.4. The summed E-state index contributed by atoms with van der Waals surface area (Å²) >= 11 is 1.91. The van der Waals surface area contributed by atoms with Crippen molar-refractivity contribution in [2.75, 3.05) is 4.90 Å². The predicted octanol–water partition coefficient (Wildman–Crippen LogP) is 16.1. The van der Waals surface area contributed by atoms with Crippen molar-refractivity contribution in [3.05, 3.63) is 253 Å². The number of aromatic nitrogens is 1. The summed E-state index contributed by atoms with van der Waals surface area (Å²) in [6.45, 7) is 0. The molecule has 0 saturated carbocycles. The van der Waals surface area contributed by atoms with Crippen LogP contribution in [0.25, 0.3) is 69.6 Å². The number of rotatable bonds is 6. The van der Waals surface area contributed by atoms with E-state index in [1.165, 1.54) is 86.1 Å². The second-order valence-electron chi connectivity index (χ2n) is 16.4. The molecule has 2 nitrogen and oxygen atoms in total. The molecule has 0 saturated heterocycles. The van der Waals surface area contributed by atoms with Gasteiger partial charge in [-0.2, -0.15) is 0 Å². The Balaban J connectivity index is 1.12. The zero-order valence-corrected chi connectivity index (χ0v) is 34.6. The summed E-state index contributed by atoms with van der Waals surface area (Å²) in [5.41, 5.74) is 14.1. The van der Waals surface area contributed by atoms with Gasteiger partial charge in [0.25, 0.3) is 0 Å². The molecule has 0 amide bonds. The molecule has 12 aromatic rings. The number of para-hydroxylation sites is 2. The Hall–Kier alpha value is -7.72. The van der Waals surface area contributed by atoms with Gasteiger partial charge in [-0.25, -0.2) is 0 Å². The van der Waals surface area contributed by atoms with E-state index >= 15 is 0 Å². The van der Waals surface area contributed by atoms with Gasteiger partial charge < -0.3 is 9.47 Å². The molecule has 3 heteroatoms. The van der Waals surface area contributed by atoms with Crippen molar-refractivity contribution in [3.8, 4) is 16.8 Å². The van der Waals surface area contributed by atoms with Gasteiger partial charge in [0.15, 0.2) is 0 Å². The van der Waals surface area contributed by atoms with Crippen molar-refractivity contribution >= 4 is 81.1 Å². The van der Waals surface area contributed by atoms with Crippen LogP contribution in [0.4, 0.5) is 17.1 Å². The summed E-state index contributed by atoms with van der Waals surface area (Å²) in [6.07, 6.45) is 0. The average molecular weight is 807 g/mol. The first kappa shape index (κ1) is 35.1. The molecule has 0 atom stereocenters. The van der Waals surface area contributed by atoms with Crippen molar-refractivity contribution < 1.29 is 0 Å². The Labute approximate surface area is 363 Å². The Morgan fingerprint density at radius 2 is 0.935 bits per heavy atom. The van der Waals surface area contributed by atoms with Crippen LogP contribution >= 0.6 is 11.3 Å². The number of nitrogens with zero attached hydrogens (tertiary/aromatic N) is 2. The average Bonchev–Trinajstić information content (AvgIpc) is 4.00.